The molecule has 0 unspecified atom stereocenters. The normalized spacial score (nSPS) is 16.4. The van der Waals surface area contributed by atoms with Gasteiger partial charge in [0.15, 0.2) is 0 Å². The first-order valence-electron chi connectivity index (χ1n) is 8.75. The minimum atomic E-state index is 0.874. The van der Waals surface area contributed by atoms with Crippen molar-refractivity contribution in [2.45, 2.75) is 6.54 Å². The molecule has 0 atom stereocenters. The molecule has 0 saturated carbocycles. The van der Waals surface area contributed by atoms with E-state index in [1.807, 2.05) is 24.4 Å². The Kier molecular flexibility index (Phi) is 4.42. The van der Waals surface area contributed by atoms with Gasteiger partial charge in [-0.25, -0.2) is 4.98 Å². The minimum Gasteiger partial charge on any atom is -0.497 e. The standard InChI is InChI=1S/C20H24N4O/c1-23-10-12-24(13-11-23)14-18-17-4-3-9-21-20(17)22-19(18)15-5-7-16(25-2)8-6-15/h3-9H,10-14H2,1-2H3,(H,21,22). The van der Waals surface area contributed by atoms with Crippen LogP contribution >= 0.6 is 0 Å². The summed E-state index contributed by atoms with van der Waals surface area (Å²) in [7, 11) is 3.89. The number of benzene rings is 1. The topological polar surface area (TPSA) is 44.4 Å². The van der Waals surface area contributed by atoms with Gasteiger partial charge in [0.2, 0.25) is 0 Å². The Morgan fingerprint density at radius 1 is 1.08 bits per heavy atom. The molecule has 0 aliphatic carbocycles. The number of hydrogen-bond acceptors (Lipinski definition) is 4. The van der Waals surface area contributed by atoms with E-state index in [9.17, 15) is 0 Å². The fourth-order valence-corrected chi connectivity index (χ4v) is 3.47. The SMILES string of the molecule is COc1ccc(-c2[nH]c3ncccc3c2CN2CCN(C)CC2)cc1. The van der Waals surface area contributed by atoms with E-state index in [1.54, 1.807) is 7.11 Å². The zero-order valence-corrected chi connectivity index (χ0v) is 14.8. The molecule has 3 heterocycles. The number of methoxy groups -OCH3 is 1. The zero-order chi connectivity index (χ0) is 17.2. The summed E-state index contributed by atoms with van der Waals surface area (Å²) in [6.07, 6.45) is 1.84. The number of likely N-dealkylation sites (N-methyl/N-ethyl adjacent to an activating group) is 1. The lowest BCUT2D eigenvalue weighted by atomic mass is 10.0. The molecule has 0 amide bonds. The van der Waals surface area contributed by atoms with Crippen LogP contribution in [-0.2, 0) is 6.54 Å². The van der Waals surface area contributed by atoms with Crippen LogP contribution in [0.3, 0.4) is 0 Å². The average molecular weight is 336 g/mol. The third kappa shape index (κ3) is 3.25. The zero-order valence-electron chi connectivity index (χ0n) is 14.8. The van der Waals surface area contributed by atoms with Crippen molar-refractivity contribution in [1.82, 2.24) is 19.8 Å². The Morgan fingerprint density at radius 2 is 1.84 bits per heavy atom. The molecule has 5 heteroatoms. The molecule has 1 aromatic carbocycles. The summed E-state index contributed by atoms with van der Waals surface area (Å²) in [5.41, 5.74) is 4.62. The number of aromatic nitrogens is 2. The summed E-state index contributed by atoms with van der Waals surface area (Å²) in [5.74, 6) is 0.874. The second-order valence-electron chi connectivity index (χ2n) is 6.69. The summed E-state index contributed by atoms with van der Waals surface area (Å²) in [6, 6.07) is 12.4. The molecule has 4 rings (SSSR count). The number of hydrogen-bond donors (Lipinski definition) is 1. The number of nitrogens with one attached hydrogen (secondary N) is 1. The molecule has 0 bridgehead atoms. The number of fused-ring (bicyclic) bond motifs is 1. The van der Waals surface area contributed by atoms with E-state index >= 15 is 0 Å². The number of piperazine rings is 1. The van der Waals surface area contributed by atoms with Crippen molar-refractivity contribution >= 4 is 11.0 Å². The quantitative estimate of drug-likeness (QED) is 0.795. The molecule has 1 aliphatic heterocycles. The number of rotatable bonds is 4. The summed E-state index contributed by atoms with van der Waals surface area (Å²) >= 11 is 0. The van der Waals surface area contributed by atoms with Crippen molar-refractivity contribution < 1.29 is 4.74 Å². The summed E-state index contributed by atoms with van der Waals surface area (Å²) in [5, 5.41) is 1.22. The van der Waals surface area contributed by atoms with Gasteiger partial charge in [-0.05, 0) is 49.0 Å². The van der Waals surface area contributed by atoms with E-state index in [2.05, 4.69) is 45.0 Å². The molecule has 25 heavy (non-hydrogen) atoms. The number of pyridine rings is 1. The Labute approximate surface area is 148 Å². The Hall–Kier alpha value is -2.37. The van der Waals surface area contributed by atoms with Crippen LogP contribution in [0.2, 0.25) is 0 Å². The first-order chi connectivity index (χ1) is 12.2. The fraction of sp³-hybridized carbons (Fsp3) is 0.350. The summed E-state index contributed by atoms with van der Waals surface area (Å²) in [4.78, 5) is 13.0. The lowest BCUT2D eigenvalue weighted by molar-refractivity contribution is 0.148. The largest absolute Gasteiger partial charge is 0.497 e. The smallest absolute Gasteiger partial charge is 0.138 e. The van der Waals surface area contributed by atoms with E-state index in [1.165, 1.54) is 16.5 Å². The van der Waals surface area contributed by atoms with Crippen molar-refractivity contribution in [3.05, 3.63) is 48.2 Å². The van der Waals surface area contributed by atoms with Crippen LogP contribution in [0.5, 0.6) is 5.75 Å². The lowest BCUT2D eigenvalue weighted by Gasteiger charge is -2.32. The van der Waals surface area contributed by atoms with Crippen molar-refractivity contribution in [3.8, 4) is 17.0 Å². The lowest BCUT2D eigenvalue weighted by Crippen LogP contribution is -2.43. The molecule has 0 spiro atoms. The van der Waals surface area contributed by atoms with Gasteiger partial charge in [-0.1, -0.05) is 0 Å². The molecule has 0 radical (unpaired) electrons. The van der Waals surface area contributed by atoms with E-state index in [4.69, 9.17) is 4.74 Å². The Bertz CT molecular complexity index is 848. The highest BCUT2D eigenvalue weighted by Gasteiger charge is 2.19. The van der Waals surface area contributed by atoms with Gasteiger partial charge in [-0.2, -0.15) is 0 Å². The second-order valence-corrected chi connectivity index (χ2v) is 6.69. The van der Waals surface area contributed by atoms with Crippen molar-refractivity contribution in [3.63, 3.8) is 0 Å². The molecule has 3 aromatic rings. The van der Waals surface area contributed by atoms with Gasteiger partial charge in [-0.15, -0.1) is 0 Å². The number of aromatic amines is 1. The molecular weight excluding hydrogens is 312 g/mol. The molecular formula is C20H24N4O. The van der Waals surface area contributed by atoms with Crippen molar-refractivity contribution in [2.75, 3.05) is 40.3 Å². The van der Waals surface area contributed by atoms with E-state index in [0.717, 1.165) is 49.8 Å². The number of H-pyrrole nitrogens is 1. The highest BCUT2D eigenvalue weighted by Crippen LogP contribution is 2.31. The first-order valence-corrected chi connectivity index (χ1v) is 8.75. The van der Waals surface area contributed by atoms with Gasteiger partial charge in [0.05, 0.1) is 12.8 Å². The van der Waals surface area contributed by atoms with Crippen LogP contribution in [0, 0.1) is 0 Å². The molecule has 1 fully saturated rings. The summed E-state index contributed by atoms with van der Waals surface area (Å²) < 4.78 is 5.29. The van der Waals surface area contributed by atoms with Gasteiger partial charge in [0.1, 0.15) is 11.4 Å². The molecule has 5 nitrogen and oxygen atoms in total. The predicted octanol–water partition coefficient (Wildman–Crippen LogP) is 2.99. The van der Waals surface area contributed by atoms with Gasteiger partial charge in [0.25, 0.3) is 0 Å². The van der Waals surface area contributed by atoms with E-state index < -0.39 is 0 Å². The molecule has 1 saturated heterocycles. The second kappa shape index (κ2) is 6.86. The molecule has 1 aliphatic rings. The summed E-state index contributed by atoms with van der Waals surface area (Å²) in [6.45, 7) is 5.40. The van der Waals surface area contributed by atoms with Crippen LogP contribution < -0.4 is 4.74 Å². The Balaban J connectivity index is 1.72. The third-order valence-electron chi connectivity index (χ3n) is 5.03. The minimum absolute atomic E-state index is 0.874. The number of nitrogens with zero attached hydrogens (tertiary/aromatic N) is 3. The first kappa shape index (κ1) is 16.1. The van der Waals surface area contributed by atoms with Gasteiger partial charge in [0, 0.05) is 49.9 Å². The van der Waals surface area contributed by atoms with Crippen LogP contribution in [0.1, 0.15) is 5.56 Å². The van der Waals surface area contributed by atoms with Gasteiger partial charge >= 0.3 is 0 Å². The number of ether oxygens (including phenoxy) is 1. The third-order valence-corrected chi connectivity index (χ3v) is 5.03. The van der Waals surface area contributed by atoms with E-state index in [-0.39, 0.29) is 0 Å². The molecule has 2 aromatic heterocycles. The molecule has 1 N–H and O–H groups in total. The maximum Gasteiger partial charge on any atom is 0.138 e. The van der Waals surface area contributed by atoms with Crippen LogP contribution in [0.25, 0.3) is 22.3 Å². The van der Waals surface area contributed by atoms with Gasteiger partial charge in [-0.3, -0.25) is 4.90 Å². The van der Waals surface area contributed by atoms with Crippen LogP contribution in [-0.4, -0.2) is 60.1 Å². The van der Waals surface area contributed by atoms with Crippen molar-refractivity contribution in [1.29, 1.82) is 0 Å². The monoisotopic (exact) mass is 336 g/mol. The maximum atomic E-state index is 5.29. The highest BCUT2D eigenvalue weighted by atomic mass is 16.5. The predicted molar refractivity (Wildman–Crippen MR) is 101 cm³/mol. The maximum absolute atomic E-state index is 5.29. The highest BCUT2D eigenvalue weighted by molar-refractivity contribution is 5.88. The van der Waals surface area contributed by atoms with Crippen molar-refractivity contribution in [2.24, 2.45) is 0 Å². The van der Waals surface area contributed by atoms with Crippen LogP contribution in [0.4, 0.5) is 0 Å². The fourth-order valence-electron chi connectivity index (χ4n) is 3.47. The van der Waals surface area contributed by atoms with Crippen LogP contribution in [0.15, 0.2) is 42.6 Å². The average Bonchev–Trinajstić information content (AvgIpc) is 3.02. The van der Waals surface area contributed by atoms with Gasteiger partial charge < -0.3 is 14.6 Å². The van der Waals surface area contributed by atoms with E-state index in [0.29, 0.717) is 0 Å². The molecule has 130 valence electrons. The Morgan fingerprint density at radius 3 is 2.56 bits per heavy atom.